The highest BCUT2D eigenvalue weighted by molar-refractivity contribution is 7.87. The van der Waals surface area contributed by atoms with E-state index in [9.17, 15) is 13.2 Å². The third kappa shape index (κ3) is 1.30. The first kappa shape index (κ1) is 9.22. The zero-order chi connectivity index (χ0) is 10.3. The number of nitrogens with zero attached hydrogens (tertiary/aromatic N) is 1. The molecule has 0 aromatic rings. The molecule has 0 aromatic carbocycles. The summed E-state index contributed by atoms with van der Waals surface area (Å²) in [6.45, 7) is 0.287. The van der Waals surface area contributed by atoms with Gasteiger partial charge in [0, 0.05) is 6.54 Å². The van der Waals surface area contributed by atoms with Crippen molar-refractivity contribution < 1.29 is 17.8 Å². The topological polar surface area (TPSA) is 86.7 Å². The minimum absolute atomic E-state index is 0.287. The van der Waals surface area contributed by atoms with E-state index in [1.54, 1.807) is 18.2 Å². The fourth-order valence-corrected chi connectivity index (χ4v) is 2.34. The van der Waals surface area contributed by atoms with Crippen molar-refractivity contribution in [3.8, 4) is 0 Å². The Labute approximate surface area is 80.6 Å². The molecule has 0 aromatic heterocycles. The Bertz CT molecular complexity index is 437. The lowest BCUT2D eigenvalue weighted by Crippen LogP contribution is -2.40. The third-order valence-corrected chi connectivity index (χ3v) is 3.08. The predicted octanol–water partition coefficient (Wildman–Crippen LogP) is -0.957. The molecular weight excluding hydrogens is 208 g/mol. The van der Waals surface area contributed by atoms with Crippen LogP contribution in [0.15, 0.2) is 24.0 Å². The molecule has 2 N–H and O–H groups in total. The second kappa shape index (κ2) is 2.82. The van der Waals surface area contributed by atoms with Crippen LogP contribution in [0.25, 0.3) is 0 Å². The monoisotopic (exact) mass is 216 g/mol. The van der Waals surface area contributed by atoms with Gasteiger partial charge in [-0.15, -0.1) is 0 Å². The van der Waals surface area contributed by atoms with Crippen LogP contribution >= 0.6 is 0 Å². The van der Waals surface area contributed by atoms with E-state index in [1.165, 1.54) is 4.90 Å². The summed E-state index contributed by atoms with van der Waals surface area (Å²) in [5.74, 6) is -0.317. The SMILES string of the molecule is O=C1NC2=CC=CCN2C1S(=O)(=O)O. The lowest BCUT2D eigenvalue weighted by molar-refractivity contribution is -0.119. The van der Waals surface area contributed by atoms with Crippen molar-refractivity contribution in [2.75, 3.05) is 6.54 Å². The number of hydrogen-bond acceptors (Lipinski definition) is 4. The van der Waals surface area contributed by atoms with E-state index in [0.29, 0.717) is 5.82 Å². The molecule has 0 bridgehead atoms. The van der Waals surface area contributed by atoms with Crippen LogP contribution in [0.4, 0.5) is 0 Å². The smallest absolute Gasteiger partial charge is 0.295 e. The summed E-state index contributed by atoms with van der Waals surface area (Å²) >= 11 is 0. The lowest BCUT2D eigenvalue weighted by Gasteiger charge is -2.22. The maximum atomic E-state index is 11.2. The van der Waals surface area contributed by atoms with E-state index in [4.69, 9.17) is 4.55 Å². The fourth-order valence-electron chi connectivity index (χ4n) is 1.49. The molecule has 7 heteroatoms. The van der Waals surface area contributed by atoms with Gasteiger partial charge in [0.05, 0.1) is 0 Å². The van der Waals surface area contributed by atoms with E-state index in [0.717, 1.165) is 0 Å². The van der Waals surface area contributed by atoms with E-state index >= 15 is 0 Å². The molecule has 1 atom stereocenters. The summed E-state index contributed by atoms with van der Waals surface area (Å²) in [5, 5.41) is 0.855. The van der Waals surface area contributed by atoms with Crippen LogP contribution in [-0.4, -0.2) is 35.7 Å². The van der Waals surface area contributed by atoms with Gasteiger partial charge in [0.2, 0.25) is 5.37 Å². The molecule has 1 fully saturated rings. The number of carbonyl (C=O) groups excluding carboxylic acids is 1. The van der Waals surface area contributed by atoms with Crippen LogP contribution in [0.3, 0.4) is 0 Å². The Kier molecular flexibility index (Phi) is 1.86. The largest absolute Gasteiger partial charge is 0.328 e. The number of fused-ring (bicyclic) bond motifs is 1. The van der Waals surface area contributed by atoms with Crippen molar-refractivity contribution >= 4 is 16.0 Å². The highest BCUT2D eigenvalue weighted by Gasteiger charge is 2.44. The van der Waals surface area contributed by atoms with Gasteiger partial charge < -0.3 is 10.2 Å². The lowest BCUT2D eigenvalue weighted by atomic mass is 10.3. The quantitative estimate of drug-likeness (QED) is 0.551. The molecule has 2 aliphatic heterocycles. The van der Waals surface area contributed by atoms with E-state index in [2.05, 4.69) is 5.32 Å². The van der Waals surface area contributed by atoms with Crippen LogP contribution in [0, 0.1) is 0 Å². The maximum absolute atomic E-state index is 11.2. The van der Waals surface area contributed by atoms with E-state index < -0.39 is 21.4 Å². The molecule has 0 spiro atoms. The van der Waals surface area contributed by atoms with Crippen LogP contribution in [0.5, 0.6) is 0 Å². The molecule has 2 heterocycles. The summed E-state index contributed by atoms with van der Waals surface area (Å²) in [4.78, 5) is 12.5. The summed E-state index contributed by atoms with van der Waals surface area (Å²) in [5.41, 5.74) is 0. The molecule has 1 unspecified atom stereocenters. The molecule has 2 rings (SSSR count). The number of hydrogen-bond donors (Lipinski definition) is 2. The Balaban J connectivity index is 2.41. The molecule has 76 valence electrons. The van der Waals surface area contributed by atoms with Gasteiger partial charge in [0.1, 0.15) is 5.82 Å². The number of allylic oxidation sites excluding steroid dienone is 2. The normalized spacial score (nSPS) is 25.8. The van der Waals surface area contributed by atoms with Gasteiger partial charge in [-0.05, 0) is 6.08 Å². The molecular formula is C7H8N2O4S. The van der Waals surface area contributed by atoms with Gasteiger partial charge in [-0.1, -0.05) is 12.2 Å². The fraction of sp³-hybridized carbons (Fsp3) is 0.286. The van der Waals surface area contributed by atoms with Crippen molar-refractivity contribution in [2.24, 2.45) is 0 Å². The molecule has 1 saturated heterocycles. The van der Waals surface area contributed by atoms with Gasteiger partial charge >= 0.3 is 0 Å². The van der Waals surface area contributed by atoms with Crippen LogP contribution < -0.4 is 5.32 Å². The van der Waals surface area contributed by atoms with Crippen molar-refractivity contribution in [3.63, 3.8) is 0 Å². The summed E-state index contributed by atoms with van der Waals surface area (Å²) < 4.78 is 30.6. The second-order valence-corrected chi connectivity index (χ2v) is 4.47. The Hall–Kier alpha value is -1.34. The first-order chi connectivity index (χ1) is 6.50. The van der Waals surface area contributed by atoms with Gasteiger partial charge in [-0.25, -0.2) is 0 Å². The molecule has 0 radical (unpaired) electrons. The molecule has 0 saturated carbocycles. The molecule has 2 aliphatic rings. The highest BCUT2D eigenvalue weighted by atomic mass is 32.2. The van der Waals surface area contributed by atoms with Crippen LogP contribution in [0.2, 0.25) is 0 Å². The van der Waals surface area contributed by atoms with Crippen LogP contribution in [0.1, 0.15) is 0 Å². The average molecular weight is 216 g/mol. The van der Waals surface area contributed by atoms with Crippen molar-refractivity contribution in [1.82, 2.24) is 10.2 Å². The molecule has 1 amide bonds. The van der Waals surface area contributed by atoms with Crippen molar-refractivity contribution in [1.29, 1.82) is 0 Å². The van der Waals surface area contributed by atoms with Crippen molar-refractivity contribution in [2.45, 2.75) is 5.37 Å². The van der Waals surface area contributed by atoms with Gasteiger partial charge in [-0.3, -0.25) is 9.35 Å². The number of nitrogens with one attached hydrogen (secondary N) is 1. The minimum Gasteiger partial charge on any atom is -0.328 e. The molecule has 6 nitrogen and oxygen atoms in total. The predicted molar refractivity (Wildman–Crippen MR) is 47.4 cm³/mol. The number of rotatable bonds is 1. The first-order valence-corrected chi connectivity index (χ1v) is 5.41. The van der Waals surface area contributed by atoms with Gasteiger partial charge in [-0.2, -0.15) is 8.42 Å². The summed E-state index contributed by atoms with van der Waals surface area (Å²) in [7, 11) is -4.38. The highest BCUT2D eigenvalue weighted by Crippen LogP contribution is 2.21. The second-order valence-electron chi connectivity index (χ2n) is 2.99. The maximum Gasteiger partial charge on any atom is 0.295 e. The Morgan fingerprint density at radius 1 is 1.57 bits per heavy atom. The summed E-state index contributed by atoms with van der Waals surface area (Å²) in [6, 6.07) is 0. The van der Waals surface area contributed by atoms with Gasteiger partial charge in [0.25, 0.3) is 16.0 Å². The van der Waals surface area contributed by atoms with Gasteiger partial charge in [0.15, 0.2) is 0 Å². The minimum atomic E-state index is -4.38. The molecule has 14 heavy (non-hydrogen) atoms. The average Bonchev–Trinajstić information content (AvgIpc) is 2.38. The van der Waals surface area contributed by atoms with E-state index in [1.807, 2.05) is 0 Å². The third-order valence-electron chi connectivity index (χ3n) is 2.04. The first-order valence-electron chi connectivity index (χ1n) is 3.91. The molecule has 0 aliphatic carbocycles. The Morgan fingerprint density at radius 2 is 2.29 bits per heavy atom. The number of amides is 1. The summed E-state index contributed by atoms with van der Waals surface area (Å²) in [6.07, 6.45) is 4.98. The zero-order valence-corrected chi connectivity index (χ0v) is 7.86. The standard InChI is InChI=1S/C7H8N2O4S/c10-6-7(14(11,12)13)9-4-2-1-3-5(9)8-6/h1-3,7H,4H2,(H,8,10)(H,11,12,13). The zero-order valence-electron chi connectivity index (χ0n) is 7.04. The Morgan fingerprint density at radius 3 is 2.93 bits per heavy atom. The van der Waals surface area contributed by atoms with E-state index in [-0.39, 0.29) is 6.54 Å². The van der Waals surface area contributed by atoms with Crippen LogP contribution in [-0.2, 0) is 14.9 Å². The van der Waals surface area contributed by atoms with Crippen molar-refractivity contribution in [3.05, 3.63) is 24.0 Å². The number of carbonyl (C=O) groups is 1.